The third kappa shape index (κ3) is 3.16. The Morgan fingerprint density at radius 2 is 2.42 bits per heavy atom. The lowest BCUT2D eigenvalue weighted by atomic mass is 10.3. The molecular formula is C9H14N6O4. The molecule has 2 heterocycles. The van der Waals surface area contributed by atoms with Crippen LogP contribution in [0.25, 0.3) is 0 Å². The van der Waals surface area contributed by atoms with E-state index in [1.54, 1.807) is 6.92 Å². The van der Waals surface area contributed by atoms with E-state index in [1.807, 2.05) is 0 Å². The van der Waals surface area contributed by atoms with Crippen LogP contribution in [0.15, 0.2) is 0 Å². The summed E-state index contributed by atoms with van der Waals surface area (Å²) in [4.78, 5) is 24.2. The molecule has 0 saturated carbocycles. The van der Waals surface area contributed by atoms with E-state index in [4.69, 9.17) is 9.84 Å². The van der Waals surface area contributed by atoms with E-state index < -0.39 is 18.1 Å². The zero-order valence-corrected chi connectivity index (χ0v) is 10.2. The zero-order chi connectivity index (χ0) is 13.8. The highest BCUT2D eigenvalue weighted by Crippen LogP contribution is 2.09. The molecule has 10 nitrogen and oxygen atoms in total. The number of tetrazole rings is 1. The molecule has 0 aromatic carbocycles. The number of aromatic amines is 1. The van der Waals surface area contributed by atoms with Crippen molar-refractivity contribution in [2.75, 3.05) is 19.7 Å². The topological polar surface area (TPSA) is 133 Å². The Balaban J connectivity index is 1.91. The third-order valence-electron chi connectivity index (χ3n) is 2.72. The maximum Gasteiger partial charge on any atom is 0.334 e. The first-order valence-electron chi connectivity index (χ1n) is 5.71. The molecule has 0 spiro atoms. The number of aliphatic carboxylic acids is 1. The molecular weight excluding hydrogens is 256 g/mol. The number of aromatic nitrogens is 4. The summed E-state index contributed by atoms with van der Waals surface area (Å²) in [6, 6.07) is -0.802. The van der Waals surface area contributed by atoms with Gasteiger partial charge in [-0.05, 0) is 6.92 Å². The molecule has 2 atom stereocenters. The van der Waals surface area contributed by atoms with Crippen molar-refractivity contribution < 1.29 is 19.4 Å². The Morgan fingerprint density at radius 3 is 3.05 bits per heavy atom. The van der Waals surface area contributed by atoms with Crippen LogP contribution >= 0.6 is 0 Å². The molecule has 1 fully saturated rings. The Hall–Kier alpha value is -2.23. The molecule has 0 bridgehead atoms. The van der Waals surface area contributed by atoms with Crippen LogP contribution in [0.5, 0.6) is 0 Å². The maximum absolute atomic E-state index is 12.0. The number of carbonyl (C=O) groups is 2. The first-order chi connectivity index (χ1) is 9.08. The minimum atomic E-state index is -1.08. The molecule has 1 aromatic heterocycles. The molecule has 1 aliphatic rings. The van der Waals surface area contributed by atoms with Gasteiger partial charge in [0.25, 0.3) is 0 Å². The van der Waals surface area contributed by atoms with Gasteiger partial charge in [0.05, 0.1) is 19.2 Å². The van der Waals surface area contributed by atoms with Crippen molar-refractivity contribution in [3.8, 4) is 0 Å². The number of carboxylic acid groups (broad SMARTS) is 1. The summed E-state index contributed by atoms with van der Waals surface area (Å²) in [5.41, 5.74) is 0. The molecule has 2 rings (SSSR count). The summed E-state index contributed by atoms with van der Waals surface area (Å²) in [6.45, 7) is 2.26. The highest BCUT2D eigenvalue weighted by Gasteiger charge is 2.29. The first kappa shape index (κ1) is 13.2. The predicted octanol–water partition coefficient (Wildman–Crippen LogP) is -1.24. The number of hydrogen-bond donors (Lipinski definition) is 3. The second-order valence-electron chi connectivity index (χ2n) is 4.08. The fraction of sp³-hybridized carbons (Fsp3) is 0.667. The van der Waals surface area contributed by atoms with E-state index in [0.29, 0.717) is 12.4 Å². The molecule has 2 amide bonds. The molecule has 10 heteroatoms. The van der Waals surface area contributed by atoms with E-state index in [1.165, 1.54) is 4.90 Å². The van der Waals surface area contributed by atoms with E-state index in [9.17, 15) is 9.59 Å². The van der Waals surface area contributed by atoms with Gasteiger partial charge in [0.2, 0.25) is 0 Å². The lowest BCUT2D eigenvalue weighted by Gasteiger charge is -2.31. The van der Waals surface area contributed by atoms with E-state index in [-0.39, 0.29) is 19.2 Å². The summed E-state index contributed by atoms with van der Waals surface area (Å²) in [6.07, 6.45) is -0.986. The van der Waals surface area contributed by atoms with Crippen LogP contribution in [-0.2, 0) is 9.53 Å². The molecule has 3 N–H and O–H groups in total. The monoisotopic (exact) mass is 270 g/mol. The number of H-pyrrole nitrogens is 1. The number of morpholine rings is 1. The van der Waals surface area contributed by atoms with Crippen molar-refractivity contribution in [2.45, 2.75) is 19.1 Å². The summed E-state index contributed by atoms with van der Waals surface area (Å²) >= 11 is 0. The summed E-state index contributed by atoms with van der Waals surface area (Å²) in [7, 11) is 0. The molecule has 104 valence electrons. The van der Waals surface area contributed by atoms with Crippen LogP contribution in [0.4, 0.5) is 4.79 Å². The smallest absolute Gasteiger partial charge is 0.334 e. The van der Waals surface area contributed by atoms with Crippen LogP contribution in [0.2, 0.25) is 0 Å². The fourth-order valence-electron chi connectivity index (χ4n) is 1.68. The van der Waals surface area contributed by atoms with Gasteiger partial charge in [-0.15, -0.1) is 10.2 Å². The van der Waals surface area contributed by atoms with Gasteiger partial charge >= 0.3 is 12.0 Å². The van der Waals surface area contributed by atoms with E-state index in [2.05, 4.69) is 25.9 Å². The molecule has 0 radical (unpaired) electrons. The SMILES string of the molecule is CC(NC(=O)N1CCOC(C(=O)O)C1)c1nn[nH]n1. The number of urea groups is 1. The Kier molecular flexibility index (Phi) is 3.90. The van der Waals surface area contributed by atoms with Crippen LogP contribution in [0.1, 0.15) is 18.8 Å². The second-order valence-corrected chi connectivity index (χ2v) is 4.08. The van der Waals surface area contributed by atoms with Crippen LogP contribution in [0.3, 0.4) is 0 Å². The van der Waals surface area contributed by atoms with Crippen molar-refractivity contribution >= 4 is 12.0 Å². The minimum absolute atomic E-state index is 0.0140. The number of nitrogens with one attached hydrogen (secondary N) is 2. The van der Waals surface area contributed by atoms with E-state index in [0.717, 1.165) is 0 Å². The average Bonchev–Trinajstić information content (AvgIpc) is 2.92. The van der Waals surface area contributed by atoms with Gasteiger partial charge in [-0.25, -0.2) is 9.59 Å². The lowest BCUT2D eigenvalue weighted by Crippen LogP contribution is -2.52. The second kappa shape index (κ2) is 5.61. The quantitative estimate of drug-likeness (QED) is 0.625. The number of hydrogen-bond acceptors (Lipinski definition) is 6. The number of carbonyl (C=O) groups excluding carboxylic acids is 1. The molecule has 19 heavy (non-hydrogen) atoms. The molecule has 1 aromatic rings. The highest BCUT2D eigenvalue weighted by atomic mass is 16.5. The average molecular weight is 270 g/mol. The number of nitrogens with zero attached hydrogens (tertiary/aromatic N) is 4. The van der Waals surface area contributed by atoms with Crippen LogP contribution in [0, 0.1) is 0 Å². The number of amides is 2. The third-order valence-corrected chi connectivity index (χ3v) is 2.72. The van der Waals surface area contributed by atoms with Gasteiger partial charge in [0.15, 0.2) is 11.9 Å². The van der Waals surface area contributed by atoms with Crippen molar-refractivity contribution in [1.29, 1.82) is 0 Å². The summed E-state index contributed by atoms with van der Waals surface area (Å²) in [5.74, 6) is -0.722. The van der Waals surface area contributed by atoms with Gasteiger partial charge < -0.3 is 20.1 Å². The maximum atomic E-state index is 12.0. The highest BCUT2D eigenvalue weighted by molar-refractivity contribution is 5.77. The van der Waals surface area contributed by atoms with Gasteiger partial charge in [-0.3, -0.25) is 0 Å². The normalized spacial score (nSPS) is 20.9. The van der Waals surface area contributed by atoms with Crippen molar-refractivity contribution in [3.63, 3.8) is 0 Å². The predicted molar refractivity (Wildman–Crippen MR) is 60.1 cm³/mol. The summed E-state index contributed by atoms with van der Waals surface area (Å²) in [5, 5.41) is 24.7. The molecule has 2 unspecified atom stereocenters. The standard InChI is InChI=1S/C9H14N6O4/c1-5(7-11-13-14-12-7)10-9(18)15-2-3-19-6(4-15)8(16)17/h5-6H,2-4H2,1H3,(H,10,18)(H,16,17)(H,11,12,13,14). The van der Waals surface area contributed by atoms with Crippen molar-refractivity contribution in [1.82, 2.24) is 30.8 Å². The van der Waals surface area contributed by atoms with Gasteiger partial charge in [-0.1, -0.05) is 5.21 Å². The lowest BCUT2D eigenvalue weighted by molar-refractivity contribution is -0.154. The van der Waals surface area contributed by atoms with Gasteiger partial charge in [-0.2, -0.15) is 5.21 Å². The Labute approximate surface area is 108 Å². The number of carboxylic acids is 1. The first-order valence-corrected chi connectivity index (χ1v) is 5.71. The van der Waals surface area contributed by atoms with Gasteiger partial charge in [0.1, 0.15) is 0 Å². The van der Waals surface area contributed by atoms with Crippen LogP contribution < -0.4 is 5.32 Å². The van der Waals surface area contributed by atoms with Crippen LogP contribution in [-0.4, -0.2) is 68.4 Å². The molecule has 0 aliphatic carbocycles. The van der Waals surface area contributed by atoms with Gasteiger partial charge in [0, 0.05) is 6.54 Å². The zero-order valence-electron chi connectivity index (χ0n) is 10.2. The largest absolute Gasteiger partial charge is 0.479 e. The number of rotatable bonds is 3. The van der Waals surface area contributed by atoms with E-state index >= 15 is 0 Å². The molecule has 1 aliphatic heterocycles. The molecule has 1 saturated heterocycles. The minimum Gasteiger partial charge on any atom is -0.479 e. The van der Waals surface area contributed by atoms with Crippen molar-refractivity contribution in [2.24, 2.45) is 0 Å². The van der Waals surface area contributed by atoms with Crippen molar-refractivity contribution in [3.05, 3.63) is 5.82 Å². The summed E-state index contributed by atoms with van der Waals surface area (Å²) < 4.78 is 5.04. The number of ether oxygens (including phenoxy) is 1. The Bertz CT molecular complexity index is 450. The Morgan fingerprint density at radius 1 is 1.63 bits per heavy atom. The fourth-order valence-corrected chi connectivity index (χ4v) is 1.68.